The van der Waals surface area contributed by atoms with Crippen LogP contribution >= 0.6 is 11.8 Å². The molecule has 0 bridgehead atoms. The molecule has 0 saturated carbocycles. The first-order chi connectivity index (χ1) is 22.7. The number of hydrogen-bond donors (Lipinski definition) is 2. The highest BCUT2D eigenvalue weighted by atomic mass is 32.2. The molecule has 2 aliphatic heterocycles. The van der Waals surface area contributed by atoms with Crippen LogP contribution in [0.5, 0.6) is 17.2 Å². The number of nitrogens with one attached hydrogen (secondary N) is 2. The van der Waals surface area contributed by atoms with Crippen molar-refractivity contribution in [2.45, 2.75) is 30.4 Å². The van der Waals surface area contributed by atoms with Crippen LogP contribution in [-0.4, -0.2) is 42.8 Å². The van der Waals surface area contributed by atoms with Gasteiger partial charge in [-0.2, -0.15) is 0 Å². The van der Waals surface area contributed by atoms with Crippen molar-refractivity contribution in [2.24, 2.45) is 0 Å². The second-order valence-corrected chi connectivity index (χ2v) is 12.2. The van der Waals surface area contributed by atoms with Crippen LogP contribution in [0.25, 0.3) is 6.08 Å². The van der Waals surface area contributed by atoms with Crippen molar-refractivity contribution in [2.75, 3.05) is 24.1 Å². The summed E-state index contributed by atoms with van der Waals surface area (Å²) in [5, 5.41) is 4.96. The van der Waals surface area contributed by atoms with Crippen molar-refractivity contribution in [1.82, 2.24) is 5.32 Å². The Labute approximate surface area is 275 Å². The van der Waals surface area contributed by atoms with Crippen molar-refractivity contribution in [3.05, 3.63) is 113 Å². The van der Waals surface area contributed by atoms with Crippen molar-refractivity contribution >= 4 is 52.8 Å². The Kier molecular flexibility index (Phi) is 8.99. The summed E-state index contributed by atoms with van der Waals surface area (Å²) in [5.74, 6) is -0.276. The van der Waals surface area contributed by atoms with E-state index in [4.69, 9.17) is 14.2 Å². The van der Waals surface area contributed by atoms with Gasteiger partial charge in [-0.1, -0.05) is 30.3 Å². The van der Waals surface area contributed by atoms with Gasteiger partial charge in [0, 0.05) is 22.6 Å². The van der Waals surface area contributed by atoms with E-state index in [1.807, 2.05) is 32.0 Å². The normalized spacial score (nSPS) is 15.5. The summed E-state index contributed by atoms with van der Waals surface area (Å²) in [4.78, 5) is 54.9. The minimum absolute atomic E-state index is 0.0292. The van der Waals surface area contributed by atoms with Crippen LogP contribution < -0.4 is 29.7 Å². The third kappa shape index (κ3) is 6.85. The zero-order valence-electron chi connectivity index (χ0n) is 25.9. The second kappa shape index (κ2) is 13.4. The van der Waals surface area contributed by atoms with Gasteiger partial charge in [0.2, 0.25) is 24.4 Å². The molecule has 2 heterocycles. The monoisotopic (exact) mass is 649 g/mol. The number of thioether (sulfide) groups is 1. The molecular weight excluding hydrogens is 618 g/mol. The van der Waals surface area contributed by atoms with Gasteiger partial charge in [0.05, 0.1) is 18.0 Å². The Morgan fingerprint density at radius 3 is 2.51 bits per heavy atom. The molecule has 0 aromatic heterocycles. The van der Waals surface area contributed by atoms with Crippen LogP contribution in [0.2, 0.25) is 0 Å². The van der Waals surface area contributed by atoms with Gasteiger partial charge in [0.25, 0.3) is 11.8 Å². The highest BCUT2D eigenvalue weighted by Gasteiger charge is 2.40. The number of amides is 4. The first kappa shape index (κ1) is 31.4. The number of anilines is 2. The molecule has 4 aromatic rings. The summed E-state index contributed by atoms with van der Waals surface area (Å²) in [6.45, 7) is 3.95. The van der Waals surface area contributed by atoms with Crippen LogP contribution in [0.3, 0.4) is 0 Å². The second-order valence-electron chi connectivity index (χ2n) is 11.0. The lowest BCUT2D eigenvalue weighted by molar-refractivity contribution is -0.121. The Morgan fingerprint density at radius 2 is 1.74 bits per heavy atom. The predicted octanol–water partition coefficient (Wildman–Crippen LogP) is 5.87. The first-order valence-electron chi connectivity index (χ1n) is 14.8. The van der Waals surface area contributed by atoms with Crippen molar-refractivity contribution < 1.29 is 33.4 Å². The van der Waals surface area contributed by atoms with Crippen LogP contribution in [0.15, 0.2) is 95.5 Å². The number of carbonyl (C=O) groups is 4. The lowest BCUT2D eigenvalue weighted by atomic mass is 10.1. The molecule has 1 atom stereocenters. The Balaban J connectivity index is 1.22. The quantitative estimate of drug-likeness (QED) is 0.170. The average Bonchev–Trinajstić information content (AvgIpc) is 3.65. The Bertz CT molecular complexity index is 1930. The molecule has 1 saturated heterocycles. The number of hydrogen-bond acceptors (Lipinski definition) is 8. The maximum Gasteiger partial charge on any atom is 0.272 e. The topological polar surface area (TPSA) is 123 Å². The molecule has 10 nitrogen and oxygen atoms in total. The van der Waals surface area contributed by atoms with Crippen LogP contribution in [-0.2, 0) is 14.4 Å². The standard InChI is InChI=1S/C36H31N3O7S/c1-21-12-13-26(14-22(21)2)39-32(40)19-31(36(39)43)47-27-11-7-10-25(18-27)37-35(42)28(38-34(41)24-8-5-4-6-9-24)15-23-16-29(44-3)33-30(17-23)45-20-46-33/h4-18,31H,19-20H2,1-3H3,(H,37,42)(H,38,41)/b28-15-/t31-/m0/s1. The van der Waals surface area contributed by atoms with Gasteiger partial charge in [0.15, 0.2) is 11.5 Å². The highest BCUT2D eigenvalue weighted by Crippen LogP contribution is 2.42. The summed E-state index contributed by atoms with van der Waals surface area (Å²) >= 11 is 1.26. The molecule has 2 N–H and O–H groups in total. The molecule has 47 heavy (non-hydrogen) atoms. The molecule has 0 radical (unpaired) electrons. The number of rotatable bonds is 9. The van der Waals surface area contributed by atoms with E-state index in [1.54, 1.807) is 66.7 Å². The lowest BCUT2D eigenvalue weighted by Crippen LogP contribution is -2.31. The molecule has 6 rings (SSSR count). The zero-order chi connectivity index (χ0) is 33.1. The van der Waals surface area contributed by atoms with Crippen LogP contribution in [0, 0.1) is 13.8 Å². The van der Waals surface area contributed by atoms with Gasteiger partial charge in [0.1, 0.15) is 5.70 Å². The minimum atomic E-state index is -0.614. The summed E-state index contributed by atoms with van der Waals surface area (Å²) in [6.07, 6.45) is 1.58. The number of benzene rings is 4. The fourth-order valence-corrected chi connectivity index (χ4v) is 6.30. The van der Waals surface area contributed by atoms with Crippen LogP contribution in [0.4, 0.5) is 11.4 Å². The third-order valence-electron chi connectivity index (χ3n) is 7.74. The number of aryl methyl sites for hydroxylation is 2. The van der Waals surface area contributed by atoms with E-state index in [2.05, 4.69) is 10.6 Å². The number of ether oxygens (including phenoxy) is 3. The summed E-state index contributed by atoms with van der Waals surface area (Å²) < 4.78 is 16.4. The van der Waals surface area contributed by atoms with Gasteiger partial charge < -0.3 is 24.8 Å². The molecule has 238 valence electrons. The van der Waals surface area contributed by atoms with E-state index in [9.17, 15) is 19.2 Å². The van der Waals surface area contributed by atoms with E-state index in [0.717, 1.165) is 11.1 Å². The van der Waals surface area contributed by atoms with Gasteiger partial charge in [-0.15, -0.1) is 11.8 Å². The largest absolute Gasteiger partial charge is 0.493 e. The minimum Gasteiger partial charge on any atom is -0.493 e. The number of fused-ring (bicyclic) bond motifs is 1. The molecule has 11 heteroatoms. The van der Waals surface area contributed by atoms with Gasteiger partial charge in [-0.05, 0) is 91.2 Å². The number of imide groups is 1. The summed E-state index contributed by atoms with van der Waals surface area (Å²) in [7, 11) is 1.50. The van der Waals surface area contributed by atoms with Crippen LogP contribution in [0.1, 0.15) is 33.5 Å². The summed E-state index contributed by atoms with van der Waals surface area (Å²) in [5.41, 5.74) is 3.94. The maximum absolute atomic E-state index is 13.7. The molecular formula is C36H31N3O7S. The molecule has 0 unspecified atom stereocenters. The van der Waals surface area contributed by atoms with Gasteiger partial charge in [-0.25, -0.2) is 4.90 Å². The predicted molar refractivity (Wildman–Crippen MR) is 179 cm³/mol. The molecule has 1 fully saturated rings. The lowest BCUT2D eigenvalue weighted by Gasteiger charge is -2.16. The third-order valence-corrected chi connectivity index (χ3v) is 8.92. The molecule has 2 aliphatic rings. The van der Waals surface area contributed by atoms with Crippen molar-refractivity contribution in [3.63, 3.8) is 0 Å². The molecule has 4 amide bonds. The Hall–Kier alpha value is -5.55. The fraction of sp³-hybridized carbons (Fsp3) is 0.167. The van der Waals surface area contributed by atoms with Crippen molar-refractivity contribution in [1.29, 1.82) is 0 Å². The van der Waals surface area contributed by atoms with Gasteiger partial charge >= 0.3 is 0 Å². The average molecular weight is 650 g/mol. The van der Waals surface area contributed by atoms with E-state index in [0.29, 0.717) is 44.6 Å². The van der Waals surface area contributed by atoms with Crippen molar-refractivity contribution in [3.8, 4) is 17.2 Å². The van der Waals surface area contributed by atoms with E-state index >= 15 is 0 Å². The summed E-state index contributed by atoms with van der Waals surface area (Å²) in [6, 6.07) is 24.4. The molecule has 0 spiro atoms. The SMILES string of the molecule is COc1cc(/C=C(\NC(=O)c2ccccc2)C(=O)Nc2cccc(S[C@H]3CC(=O)N(c4ccc(C)c(C)c4)C3=O)c2)cc2c1OCO2. The van der Waals surface area contributed by atoms with E-state index < -0.39 is 17.1 Å². The zero-order valence-corrected chi connectivity index (χ0v) is 26.7. The highest BCUT2D eigenvalue weighted by molar-refractivity contribution is 8.00. The fourth-order valence-electron chi connectivity index (χ4n) is 5.18. The number of carbonyl (C=O) groups excluding carboxylic acids is 4. The van der Waals surface area contributed by atoms with E-state index in [-0.39, 0.29) is 30.7 Å². The number of nitrogens with zero attached hydrogens (tertiary/aromatic N) is 1. The molecule has 0 aliphatic carbocycles. The first-order valence-corrected chi connectivity index (χ1v) is 15.7. The Morgan fingerprint density at radius 1 is 0.936 bits per heavy atom. The number of methoxy groups -OCH3 is 1. The smallest absolute Gasteiger partial charge is 0.272 e. The van der Waals surface area contributed by atoms with E-state index in [1.165, 1.54) is 29.8 Å². The molecule has 4 aromatic carbocycles. The van der Waals surface area contributed by atoms with Gasteiger partial charge in [-0.3, -0.25) is 19.2 Å². The maximum atomic E-state index is 13.7.